The predicted molar refractivity (Wildman–Crippen MR) is 171 cm³/mol. The van der Waals surface area contributed by atoms with Crippen LogP contribution >= 0.6 is 0 Å². The molecule has 0 radical (unpaired) electrons. The highest BCUT2D eigenvalue weighted by atomic mass is 16.4. The topological polar surface area (TPSA) is 199 Å². The maximum atomic E-state index is 13.5. The van der Waals surface area contributed by atoms with Gasteiger partial charge in [-0.15, -0.1) is 0 Å². The lowest BCUT2D eigenvalue weighted by Crippen LogP contribution is -2.55. The van der Waals surface area contributed by atoms with Crippen LogP contribution in [-0.2, 0) is 27.2 Å². The molecule has 11 nitrogen and oxygen atoms in total. The third-order valence-corrected chi connectivity index (χ3v) is 7.43. The molecular weight excluding hydrogens is 558 g/mol. The molecule has 4 aromatic rings. The molecule has 3 aromatic carbocycles. The van der Waals surface area contributed by atoms with Gasteiger partial charge in [0.1, 0.15) is 12.1 Å². The van der Waals surface area contributed by atoms with Gasteiger partial charge in [-0.3, -0.25) is 15.0 Å². The number of aliphatic carboxylic acids is 1. The van der Waals surface area contributed by atoms with E-state index in [2.05, 4.69) is 20.9 Å². The highest BCUT2D eigenvalue weighted by Gasteiger charge is 2.28. The van der Waals surface area contributed by atoms with E-state index >= 15 is 0 Å². The smallest absolute Gasteiger partial charge is 0.326 e. The highest BCUT2D eigenvalue weighted by molar-refractivity contribution is 5.92. The van der Waals surface area contributed by atoms with E-state index in [0.29, 0.717) is 19.4 Å². The first-order valence-electron chi connectivity index (χ1n) is 14.6. The van der Waals surface area contributed by atoms with Crippen LogP contribution in [0.15, 0.2) is 85.1 Å². The molecule has 0 fully saturated rings. The van der Waals surface area contributed by atoms with Gasteiger partial charge in [0, 0.05) is 30.1 Å². The Morgan fingerprint density at radius 3 is 2.18 bits per heavy atom. The number of rotatable bonds is 15. The van der Waals surface area contributed by atoms with Gasteiger partial charge in [0.25, 0.3) is 0 Å². The van der Waals surface area contributed by atoms with Crippen LogP contribution in [0.2, 0.25) is 0 Å². The normalized spacial score (nSPS) is 13.0. The number of hydrogen-bond acceptors (Lipinski definition) is 5. The number of carboxylic acid groups (broad SMARTS) is 1. The van der Waals surface area contributed by atoms with Gasteiger partial charge in [0.05, 0.1) is 6.04 Å². The van der Waals surface area contributed by atoms with Crippen LogP contribution in [0.4, 0.5) is 0 Å². The number of benzene rings is 3. The third kappa shape index (κ3) is 8.92. The summed E-state index contributed by atoms with van der Waals surface area (Å²) in [7, 11) is 0. The van der Waals surface area contributed by atoms with Crippen LogP contribution < -0.4 is 27.4 Å². The van der Waals surface area contributed by atoms with Gasteiger partial charge in [-0.25, -0.2) is 4.79 Å². The number of aromatic amines is 1. The molecule has 0 unspecified atom stereocenters. The predicted octanol–water partition coefficient (Wildman–Crippen LogP) is 2.65. The Bertz CT molecular complexity index is 1570. The zero-order valence-corrected chi connectivity index (χ0v) is 24.4. The second-order valence-corrected chi connectivity index (χ2v) is 10.7. The van der Waals surface area contributed by atoms with Crippen molar-refractivity contribution in [1.82, 2.24) is 20.9 Å². The molecule has 3 atom stereocenters. The van der Waals surface area contributed by atoms with Crippen molar-refractivity contribution >= 4 is 34.6 Å². The number of carboxylic acids is 1. The number of hydrogen-bond donors (Lipinski definition) is 8. The van der Waals surface area contributed by atoms with E-state index in [1.807, 2.05) is 85.1 Å². The fourth-order valence-electron chi connectivity index (χ4n) is 5.04. The second kappa shape index (κ2) is 15.4. The number of unbranched alkanes of at least 4 members (excludes halogenated alkanes) is 1. The Morgan fingerprint density at radius 1 is 0.818 bits per heavy atom. The molecule has 1 heterocycles. The maximum Gasteiger partial charge on any atom is 0.326 e. The number of fused-ring (bicyclic) bond motifs is 1. The van der Waals surface area contributed by atoms with Crippen molar-refractivity contribution in [1.29, 1.82) is 5.41 Å². The van der Waals surface area contributed by atoms with E-state index in [9.17, 15) is 19.5 Å². The largest absolute Gasteiger partial charge is 0.480 e. The van der Waals surface area contributed by atoms with Crippen LogP contribution in [0, 0.1) is 5.41 Å². The molecule has 4 rings (SSSR count). The number of guanidine groups is 1. The summed E-state index contributed by atoms with van der Waals surface area (Å²) in [4.78, 5) is 41.9. The summed E-state index contributed by atoms with van der Waals surface area (Å²) in [5.74, 6) is -2.46. The molecule has 2 amide bonds. The number of nitrogens with one attached hydrogen (secondary N) is 5. The van der Waals surface area contributed by atoms with Crippen molar-refractivity contribution < 1.29 is 19.5 Å². The summed E-state index contributed by atoms with van der Waals surface area (Å²) in [6.45, 7) is 0.418. The average Bonchev–Trinajstić information content (AvgIpc) is 3.43. The summed E-state index contributed by atoms with van der Waals surface area (Å²) in [5.41, 5.74) is 16.2. The third-order valence-electron chi connectivity index (χ3n) is 7.43. The molecule has 0 saturated heterocycles. The van der Waals surface area contributed by atoms with E-state index in [4.69, 9.17) is 16.9 Å². The molecule has 1 aromatic heterocycles. The zero-order chi connectivity index (χ0) is 31.5. The minimum Gasteiger partial charge on any atom is -0.480 e. The van der Waals surface area contributed by atoms with E-state index in [0.717, 1.165) is 33.2 Å². The van der Waals surface area contributed by atoms with Gasteiger partial charge in [0.15, 0.2) is 5.96 Å². The zero-order valence-electron chi connectivity index (χ0n) is 24.4. The molecule has 230 valence electrons. The molecule has 10 N–H and O–H groups in total. The van der Waals surface area contributed by atoms with Crippen LogP contribution in [0.25, 0.3) is 22.0 Å². The average molecular weight is 598 g/mol. The van der Waals surface area contributed by atoms with Crippen molar-refractivity contribution in [3.8, 4) is 11.1 Å². The van der Waals surface area contributed by atoms with E-state index in [-0.39, 0.29) is 25.2 Å². The van der Waals surface area contributed by atoms with Crippen molar-refractivity contribution in [3.05, 3.63) is 96.2 Å². The molecule has 11 heteroatoms. The molecule has 0 aliphatic heterocycles. The lowest BCUT2D eigenvalue weighted by molar-refractivity contribution is -0.142. The fourth-order valence-corrected chi connectivity index (χ4v) is 5.04. The number of amides is 2. The quantitative estimate of drug-likeness (QED) is 0.0585. The van der Waals surface area contributed by atoms with Crippen molar-refractivity contribution in [3.63, 3.8) is 0 Å². The van der Waals surface area contributed by atoms with E-state index in [1.54, 1.807) is 0 Å². The van der Waals surface area contributed by atoms with Crippen molar-refractivity contribution in [2.24, 2.45) is 11.5 Å². The molecule has 0 saturated carbocycles. The lowest BCUT2D eigenvalue weighted by atomic mass is 9.99. The number of H-pyrrole nitrogens is 1. The Labute approximate surface area is 255 Å². The number of nitrogens with two attached hydrogens (primary N) is 2. The van der Waals surface area contributed by atoms with Crippen molar-refractivity contribution in [2.45, 2.75) is 50.2 Å². The summed E-state index contributed by atoms with van der Waals surface area (Å²) in [6.07, 6.45) is 3.43. The van der Waals surface area contributed by atoms with Crippen LogP contribution in [0.1, 0.15) is 30.4 Å². The summed E-state index contributed by atoms with van der Waals surface area (Å²) < 4.78 is 0. The molecular formula is C33H39N7O4. The van der Waals surface area contributed by atoms with Crippen LogP contribution in [-0.4, -0.2) is 58.5 Å². The number of carbonyl (C=O) groups is 3. The Balaban J connectivity index is 1.46. The molecule has 0 bridgehead atoms. The first-order valence-corrected chi connectivity index (χ1v) is 14.6. The molecule has 0 aliphatic rings. The highest BCUT2D eigenvalue weighted by Crippen LogP contribution is 2.21. The van der Waals surface area contributed by atoms with Gasteiger partial charge in [-0.1, -0.05) is 72.8 Å². The maximum absolute atomic E-state index is 13.5. The number of carbonyl (C=O) groups excluding carboxylic acids is 2. The summed E-state index contributed by atoms with van der Waals surface area (Å²) in [6, 6.07) is 22.1. The first kappa shape index (κ1) is 31.8. The summed E-state index contributed by atoms with van der Waals surface area (Å²) >= 11 is 0. The van der Waals surface area contributed by atoms with Gasteiger partial charge in [-0.2, -0.15) is 0 Å². The molecule has 0 spiro atoms. The van der Waals surface area contributed by atoms with Gasteiger partial charge in [0.2, 0.25) is 11.8 Å². The number of para-hydroxylation sites is 1. The molecule has 44 heavy (non-hydrogen) atoms. The second-order valence-electron chi connectivity index (χ2n) is 10.7. The first-order chi connectivity index (χ1) is 21.2. The van der Waals surface area contributed by atoms with E-state index in [1.165, 1.54) is 0 Å². The van der Waals surface area contributed by atoms with Crippen LogP contribution in [0.3, 0.4) is 0 Å². The Kier molecular flexibility index (Phi) is 11.1. The van der Waals surface area contributed by atoms with E-state index < -0.39 is 35.9 Å². The monoisotopic (exact) mass is 597 g/mol. The fraction of sp³-hybridized carbons (Fsp3) is 0.273. The minimum absolute atomic E-state index is 0.140. The van der Waals surface area contributed by atoms with Crippen LogP contribution in [0.5, 0.6) is 0 Å². The van der Waals surface area contributed by atoms with Gasteiger partial charge < -0.3 is 37.5 Å². The van der Waals surface area contributed by atoms with Gasteiger partial charge in [-0.05, 0) is 54.0 Å². The molecule has 0 aliphatic carbocycles. The lowest BCUT2D eigenvalue weighted by Gasteiger charge is -2.23. The van der Waals surface area contributed by atoms with Gasteiger partial charge >= 0.3 is 5.97 Å². The summed E-state index contributed by atoms with van der Waals surface area (Å²) in [5, 5.41) is 26.0. The Hall–Kier alpha value is -5.16. The minimum atomic E-state index is -1.17. The Morgan fingerprint density at radius 2 is 1.48 bits per heavy atom. The standard InChI is InChI=1S/C33H39N7O4/c34-26(19-24-20-38-27-11-5-4-10-25(24)27)30(41)40-29(18-21-13-15-23(16-14-21)22-8-2-1-3-9-22)31(42)39-28(32(43)44)12-6-7-17-37-33(35)36/h1-5,8-11,13-16,20,26,28-29,38H,6-7,12,17-19,34H2,(H,39,42)(H,40,41)(H,43,44)(H4,35,36,37)/t26-,28-,29-/m0/s1. The SMILES string of the molecule is N=C(N)NCCCC[C@H](NC(=O)[C@H](Cc1ccc(-c2ccccc2)cc1)NC(=O)[C@@H](N)Cc1c[nH]c2ccccc12)C(=O)O. The number of aromatic nitrogens is 1. The van der Waals surface area contributed by atoms with Crippen molar-refractivity contribution in [2.75, 3.05) is 6.54 Å².